The van der Waals surface area contributed by atoms with E-state index in [9.17, 15) is 4.79 Å². The fraction of sp³-hybridized carbons (Fsp3) is 0.917. The summed E-state index contributed by atoms with van der Waals surface area (Å²) in [6, 6.07) is 0.551. The van der Waals surface area contributed by atoms with Gasteiger partial charge in [0.15, 0.2) is 0 Å². The predicted molar refractivity (Wildman–Crippen MR) is 66.4 cm³/mol. The monoisotopic (exact) mass is 227 g/mol. The molecule has 1 heterocycles. The van der Waals surface area contributed by atoms with E-state index < -0.39 is 0 Å². The molecule has 16 heavy (non-hydrogen) atoms. The summed E-state index contributed by atoms with van der Waals surface area (Å²) in [5.74, 6) is 0.830. The number of hydrogen-bond donors (Lipinski definition) is 1. The van der Waals surface area contributed by atoms with Crippen molar-refractivity contribution in [3.63, 3.8) is 0 Å². The molecular weight excluding hydrogens is 202 g/mol. The summed E-state index contributed by atoms with van der Waals surface area (Å²) in [5.41, 5.74) is 0. The number of amides is 1. The van der Waals surface area contributed by atoms with Crippen LogP contribution in [0.25, 0.3) is 0 Å². The van der Waals surface area contributed by atoms with Gasteiger partial charge in [0, 0.05) is 20.1 Å². The van der Waals surface area contributed by atoms with Gasteiger partial charge in [-0.2, -0.15) is 0 Å². The molecule has 1 rings (SSSR count). The van der Waals surface area contributed by atoms with E-state index in [0.717, 1.165) is 26.1 Å². The Bertz CT molecular complexity index is 230. The molecule has 2 atom stereocenters. The number of carbonyl (C=O) groups is 1. The maximum Gasteiger partial charge on any atom is 0.236 e. The first-order valence-corrected chi connectivity index (χ1v) is 6.21. The minimum atomic E-state index is 0.201. The van der Waals surface area contributed by atoms with Crippen LogP contribution >= 0.6 is 0 Å². The second-order valence-corrected chi connectivity index (χ2v) is 4.89. The molecule has 0 saturated carbocycles. The predicted octanol–water partition coefficient (Wildman–Crippen LogP) is 0.395. The summed E-state index contributed by atoms with van der Waals surface area (Å²) >= 11 is 0. The molecule has 0 aromatic rings. The largest absolute Gasteiger partial charge is 0.348 e. The molecule has 0 aromatic heterocycles. The van der Waals surface area contributed by atoms with Gasteiger partial charge in [-0.3, -0.25) is 9.69 Å². The molecular formula is C12H25N3O. The van der Waals surface area contributed by atoms with E-state index in [0.29, 0.717) is 18.5 Å². The average Bonchev–Trinajstić information content (AvgIpc) is 2.26. The van der Waals surface area contributed by atoms with Crippen LogP contribution in [-0.2, 0) is 4.79 Å². The van der Waals surface area contributed by atoms with Crippen molar-refractivity contribution in [1.82, 2.24) is 15.1 Å². The van der Waals surface area contributed by atoms with E-state index in [1.807, 2.05) is 14.1 Å². The van der Waals surface area contributed by atoms with Gasteiger partial charge in [-0.05, 0) is 32.0 Å². The Morgan fingerprint density at radius 2 is 2.12 bits per heavy atom. The molecule has 1 N–H and O–H groups in total. The summed E-state index contributed by atoms with van der Waals surface area (Å²) in [6.07, 6.45) is 1.15. The van der Waals surface area contributed by atoms with Gasteiger partial charge in [-0.1, -0.05) is 13.8 Å². The van der Waals surface area contributed by atoms with Crippen LogP contribution in [-0.4, -0.2) is 62.0 Å². The van der Waals surface area contributed by atoms with E-state index >= 15 is 0 Å². The van der Waals surface area contributed by atoms with E-state index in [-0.39, 0.29) is 5.91 Å². The number of nitrogens with one attached hydrogen (secondary N) is 1. The van der Waals surface area contributed by atoms with Gasteiger partial charge in [0.1, 0.15) is 0 Å². The molecule has 1 fully saturated rings. The highest BCUT2D eigenvalue weighted by Crippen LogP contribution is 2.17. The van der Waals surface area contributed by atoms with Crippen LogP contribution in [0.5, 0.6) is 0 Å². The molecule has 4 nitrogen and oxygen atoms in total. The van der Waals surface area contributed by atoms with Crippen molar-refractivity contribution in [3.05, 3.63) is 0 Å². The van der Waals surface area contributed by atoms with Crippen molar-refractivity contribution in [2.75, 3.05) is 40.3 Å². The molecule has 0 bridgehead atoms. The number of hydrogen-bond acceptors (Lipinski definition) is 3. The molecule has 1 aliphatic rings. The highest BCUT2D eigenvalue weighted by atomic mass is 16.2. The zero-order chi connectivity index (χ0) is 12.1. The van der Waals surface area contributed by atoms with Gasteiger partial charge < -0.3 is 10.2 Å². The summed E-state index contributed by atoms with van der Waals surface area (Å²) in [6.45, 7) is 8.05. The lowest BCUT2D eigenvalue weighted by atomic mass is 9.93. The smallest absolute Gasteiger partial charge is 0.236 e. The van der Waals surface area contributed by atoms with Crippen LogP contribution in [0.4, 0.5) is 0 Å². The molecule has 0 aliphatic carbocycles. The Labute approximate surface area is 99.0 Å². The molecule has 0 radical (unpaired) electrons. The Hall–Kier alpha value is -0.610. The maximum absolute atomic E-state index is 11.7. The minimum absolute atomic E-state index is 0.201. The lowest BCUT2D eigenvalue weighted by Crippen LogP contribution is -2.51. The standard InChI is InChI=1S/C12H25N3O/c1-5-15(9-12(16)14(3)4)11-6-7-13-8-10(11)2/h10-11,13H,5-9H2,1-4H3. The number of carbonyl (C=O) groups excluding carboxylic acids is 1. The topological polar surface area (TPSA) is 35.6 Å². The van der Waals surface area contributed by atoms with Gasteiger partial charge in [0.05, 0.1) is 6.54 Å². The van der Waals surface area contributed by atoms with Gasteiger partial charge >= 0.3 is 0 Å². The van der Waals surface area contributed by atoms with Crippen molar-refractivity contribution in [2.45, 2.75) is 26.3 Å². The molecule has 1 aliphatic heterocycles. The van der Waals surface area contributed by atoms with Crippen LogP contribution in [0.15, 0.2) is 0 Å². The van der Waals surface area contributed by atoms with Crippen molar-refractivity contribution in [1.29, 1.82) is 0 Å². The van der Waals surface area contributed by atoms with Crippen LogP contribution in [0.3, 0.4) is 0 Å². The summed E-state index contributed by atoms with van der Waals surface area (Å²) in [5, 5.41) is 3.40. The van der Waals surface area contributed by atoms with Gasteiger partial charge in [-0.25, -0.2) is 0 Å². The third-order valence-corrected chi connectivity index (χ3v) is 3.45. The zero-order valence-electron chi connectivity index (χ0n) is 11.0. The fourth-order valence-electron chi connectivity index (χ4n) is 2.32. The van der Waals surface area contributed by atoms with Crippen molar-refractivity contribution >= 4 is 5.91 Å². The van der Waals surface area contributed by atoms with E-state index in [2.05, 4.69) is 24.1 Å². The zero-order valence-corrected chi connectivity index (χ0v) is 11.0. The van der Waals surface area contributed by atoms with E-state index in [1.54, 1.807) is 4.90 Å². The van der Waals surface area contributed by atoms with Crippen molar-refractivity contribution < 1.29 is 4.79 Å². The first-order chi connectivity index (χ1) is 7.56. The molecule has 0 spiro atoms. The van der Waals surface area contributed by atoms with E-state index in [1.165, 1.54) is 0 Å². The van der Waals surface area contributed by atoms with Crippen LogP contribution in [0.2, 0.25) is 0 Å². The van der Waals surface area contributed by atoms with Crippen molar-refractivity contribution in [2.24, 2.45) is 5.92 Å². The second-order valence-electron chi connectivity index (χ2n) is 4.89. The lowest BCUT2D eigenvalue weighted by molar-refractivity contribution is -0.130. The summed E-state index contributed by atoms with van der Waals surface area (Å²) in [4.78, 5) is 15.7. The van der Waals surface area contributed by atoms with Gasteiger partial charge in [0.2, 0.25) is 5.91 Å². The van der Waals surface area contributed by atoms with Gasteiger partial charge in [0.25, 0.3) is 0 Å². The average molecular weight is 227 g/mol. The summed E-state index contributed by atoms with van der Waals surface area (Å²) in [7, 11) is 3.64. The molecule has 0 aromatic carbocycles. The number of piperidine rings is 1. The quantitative estimate of drug-likeness (QED) is 0.755. The number of rotatable bonds is 4. The highest BCUT2D eigenvalue weighted by Gasteiger charge is 2.27. The van der Waals surface area contributed by atoms with Crippen LogP contribution in [0.1, 0.15) is 20.3 Å². The molecule has 1 amide bonds. The maximum atomic E-state index is 11.7. The first-order valence-electron chi connectivity index (χ1n) is 6.21. The highest BCUT2D eigenvalue weighted by molar-refractivity contribution is 5.77. The van der Waals surface area contributed by atoms with Crippen LogP contribution < -0.4 is 5.32 Å². The minimum Gasteiger partial charge on any atom is -0.348 e. The number of nitrogens with zero attached hydrogens (tertiary/aromatic N) is 2. The molecule has 4 heteroatoms. The third-order valence-electron chi connectivity index (χ3n) is 3.45. The molecule has 1 saturated heterocycles. The first kappa shape index (κ1) is 13.5. The van der Waals surface area contributed by atoms with Gasteiger partial charge in [-0.15, -0.1) is 0 Å². The second kappa shape index (κ2) is 6.21. The molecule has 2 unspecified atom stereocenters. The normalized spacial score (nSPS) is 25.8. The third kappa shape index (κ3) is 3.46. The Morgan fingerprint density at radius 3 is 2.62 bits per heavy atom. The van der Waals surface area contributed by atoms with Crippen molar-refractivity contribution in [3.8, 4) is 0 Å². The lowest BCUT2D eigenvalue weighted by Gasteiger charge is -2.38. The fourth-order valence-corrected chi connectivity index (χ4v) is 2.32. The Balaban J connectivity index is 2.55. The Kier molecular flexibility index (Phi) is 5.22. The molecule has 94 valence electrons. The van der Waals surface area contributed by atoms with E-state index in [4.69, 9.17) is 0 Å². The number of likely N-dealkylation sites (N-methyl/N-ethyl adjacent to an activating group) is 2. The SMILES string of the molecule is CCN(CC(=O)N(C)C)C1CCNCC1C. The Morgan fingerprint density at radius 1 is 1.44 bits per heavy atom. The summed E-state index contributed by atoms with van der Waals surface area (Å²) < 4.78 is 0. The van der Waals surface area contributed by atoms with Crippen LogP contribution in [0, 0.1) is 5.92 Å².